The number of amidine groups is 1. The predicted octanol–water partition coefficient (Wildman–Crippen LogP) is 5.69. The Morgan fingerprint density at radius 3 is 2.63 bits per heavy atom. The Morgan fingerprint density at radius 2 is 1.93 bits per heavy atom. The van der Waals surface area contributed by atoms with Crippen LogP contribution in [0.3, 0.4) is 0 Å². The first-order chi connectivity index (χ1) is 12.7. The summed E-state index contributed by atoms with van der Waals surface area (Å²) in [4.78, 5) is 20.7. The molecule has 3 rings (SSSR count). The molecule has 0 saturated carbocycles. The Labute approximate surface area is 160 Å². The number of Topliss-reactive ketones (excluding diaryl/α,β-unsaturated/α-hetero) is 1. The normalized spacial score (nSPS) is 13.7. The van der Waals surface area contributed by atoms with Crippen molar-refractivity contribution in [3.63, 3.8) is 0 Å². The maximum atomic E-state index is 12.7. The van der Waals surface area contributed by atoms with Crippen molar-refractivity contribution in [1.29, 1.82) is 0 Å². The molecule has 1 aliphatic rings. The zero-order chi connectivity index (χ0) is 19.6. The Kier molecular flexibility index (Phi) is 4.96. The largest absolute Gasteiger partial charge is 0.387 e. The maximum absolute atomic E-state index is 12.7. The maximum Gasteiger partial charge on any atom is 0.187 e. The van der Waals surface area contributed by atoms with E-state index in [0.29, 0.717) is 29.9 Å². The van der Waals surface area contributed by atoms with E-state index in [1.807, 2.05) is 42.5 Å². The first-order valence-electron chi connectivity index (χ1n) is 8.94. The van der Waals surface area contributed by atoms with E-state index >= 15 is 0 Å². The highest BCUT2D eigenvalue weighted by Crippen LogP contribution is 2.33. The van der Waals surface area contributed by atoms with E-state index in [0.717, 1.165) is 22.4 Å². The molecule has 2 N–H and O–H groups in total. The van der Waals surface area contributed by atoms with Crippen molar-refractivity contribution in [2.75, 3.05) is 0 Å². The molecule has 136 valence electrons. The van der Waals surface area contributed by atoms with Gasteiger partial charge in [0.2, 0.25) is 0 Å². The SMILES string of the molecule is [C-]#[N+]c1cccc(-c2ccc3c(c2)N=C(N)CC(C(=O)CC(C)(C)C)=C3)c1. The van der Waals surface area contributed by atoms with Crippen molar-refractivity contribution in [3.8, 4) is 11.1 Å². The van der Waals surface area contributed by atoms with Gasteiger partial charge in [0.1, 0.15) is 5.84 Å². The molecule has 4 heteroatoms. The molecular weight excluding hydrogens is 334 g/mol. The Bertz CT molecular complexity index is 1000. The molecule has 0 spiro atoms. The summed E-state index contributed by atoms with van der Waals surface area (Å²) >= 11 is 0. The topological polar surface area (TPSA) is 59.8 Å². The fraction of sp³-hybridized carbons (Fsp3) is 0.261. The number of rotatable bonds is 3. The Morgan fingerprint density at radius 1 is 1.19 bits per heavy atom. The summed E-state index contributed by atoms with van der Waals surface area (Å²) in [7, 11) is 0. The summed E-state index contributed by atoms with van der Waals surface area (Å²) in [6.45, 7) is 13.3. The molecule has 0 fully saturated rings. The number of carbonyl (C=O) groups excluding carboxylic acids is 1. The Hall–Kier alpha value is -3.19. The van der Waals surface area contributed by atoms with Gasteiger partial charge in [0.15, 0.2) is 11.5 Å². The molecule has 0 unspecified atom stereocenters. The number of ketones is 1. The summed E-state index contributed by atoms with van der Waals surface area (Å²) in [6, 6.07) is 13.4. The first-order valence-corrected chi connectivity index (χ1v) is 8.94. The van der Waals surface area contributed by atoms with E-state index in [1.165, 1.54) is 0 Å². The molecule has 4 nitrogen and oxygen atoms in total. The molecule has 0 aromatic heterocycles. The van der Waals surface area contributed by atoms with Crippen LogP contribution in [0.1, 0.15) is 39.2 Å². The Balaban J connectivity index is 2.00. The van der Waals surface area contributed by atoms with Gasteiger partial charge in [0.05, 0.1) is 12.3 Å². The summed E-state index contributed by atoms with van der Waals surface area (Å²) < 4.78 is 0. The van der Waals surface area contributed by atoms with Crippen LogP contribution in [0, 0.1) is 12.0 Å². The lowest BCUT2D eigenvalue weighted by molar-refractivity contribution is -0.117. The van der Waals surface area contributed by atoms with E-state index < -0.39 is 0 Å². The molecule has 0 amide bonds. The number of nitrogens with zero attached hydrogens (tertiary/aromatic N) is 2. The lowest BCUT2D eigenvalue weighted by Crippen LogP contribution is -2.19. The number of carbonyl (C=O) groups is 1. The second-order valence-corrected chi connectivity index (χ2v) is 8.05. The minimum absolute atomic E-state index is 0.0727. The molecule has 0 bridgehead atoms. The fourth-order valence-electron chi connectivity index (χ4n) is 3.10. The van der Waals surface area contributed by atoms with Crippen molar-refractivity contribution >= 4 is 29.1 Å². The number of hydrogen-bond acceptors (Lipinski definition) is 3. The standard InChI is InChI=1S/C23H23N3O/c1-23(2,3)14-21(27)18-10-17-9-8-16(12-20(17)26-22(24)13-18)15-6-5-7-19(11-15)25-4/h5-12H,13-14H2,1-3H3,(H2,24,26). The minimum Gasteiger partial charge on any atom is -0.387 e. The molecule has 1 heterocycles. The van der Waals surface area contributed by atoms with Gasteiger partial charge < -0.3 is 5.73 Å². The van der Waals surface area contributed by atoms with Crippen LogP contribution in [-0.4, -0.2) is 11.6 Å². The monoisotopic (exact) mass is 357 g/mol. The van der Waals surface area contributed by atoms with Gasteiger partial charge in [0, 0.05) is 24.0 Å². The molecule has 27 heavy (non-hydrogen) atoms. The van der Waals surface area contributed by atoms with Crippen LogP contribution in [0.25, 0.3) is 22.0 Å². The molecule has 1 aliphatic heterocycles. The van der Waals surface area contributed by atoms with Gasteiger partial charge >= 0.3 is 0 Å². The van der Waals surface area contributed by atoms with Gasteiger partial charge in [-0.2, -0.15) is 0 Å². The van der Waals surface area contributed by atoms with Crippen LogP contribution in [0.2, 0.25) is 0 Å². The van der Waals surface area contributed by atoms with Crippen molar-refractivity contribution in [3.05, 3.63) is 65.0 Å². The third kappa shape index (κ3) is 4.51. The average Bonchev–Trinajstić information content (AvgIpc) is 2.77. The zero-order valence-corrected chi connectivity index (χ0v) is 15.9. The zero-order valence-electron chi connectivity index (χ0n) is 15.9. The van der Waals surface area contributed by atoms with E-state index in [2.05, 4.69) is 30.6 Å². The summed E-state index contributed by atoms with van der Waals surface area (Å²) in [5, 5.41) is 0. The van der Waals surface area contributed by atoms with E-state index in [1.54, 1.807) is 6.07 Å². The molecule has 0 atom stereocenters. The smallest absolute Gasteiger partial charge is 0.187 e. The quantitative estimate of drug-likeness (QED) is 0.718. The molecule has 0 radical (unpaired) electrons. The predicted molar refractivity (Wildman–Crippen MR) is 111 cm³/mol. The van der Waals surface area contributed by atoms with Crippen LogP contribution >= 0.6 is 0 Å². The van der Waals surface area contributed by atoms with E-state index in [4.69, 9.17) is 12.3 Å². The second kappa shape index (κ2) is 7.20. The summed E-state index contributed by atoms with van der Waals surface area (Å²) in [6.07, 6.45) is 2.75. The number of aliphatic imine (C=N–C) groups is 1. The molecule has 0 saturated heterocycles. The van der Waals surface area contributed by atoms with Crippen LogP contribution in [0.4, 0.5) is 11.4 Å². The third-order valence-electron chi connectivity index (χ3n) is 4.35. The lowest BCUT2D eigenvalue weighted by Gasteiger charge is -2.17. The molecule has 2 aromatic rings. The highest BCUT2D eigenvalue weighted by Gasteiger charge is 2.21. The number of benzene rings is 2. The van der Waals surface area contributed by atoms with Crippen molar-refractivity contribution in [2.45, 2.75) is 33.6 Å². The summed E-state index contributed by atoms with van der Waals surface area (Å²) in [5.41, 5.74) is 10.9. The lowest BCUT2D eigenvalue weighted by atomic mass is 9.86. The van der Waals surface area contributed by atoms with Crippen molar-refractivity contribution in [2.24, 2.45) is 16.1 Å². The van der Waals surface area contributed by atoms with E-state index in [9.17, 15) is 4.79 Å². The fourth-order valence-corrected chi connectivity index (χ4v) is 3.10. The summed E-state index contributed by atoms with van der Waals surface area (Å²) in [5.74, 6) is 0.552. The van der Waals surface area contributed by atoms with Gasteiger partial charge in [-0.3, -0.25) is 4.79 Å². The van der Waals surface area contributed by atoms with Crippen LogP contribution in [0.5, 0.6) is 0 Å². The van der Waals surface area contributed by atoms with E-state index in [-0.39, 0.29) is 11.2 Å². The van der Waals surface area contributed by atoms with Gasteiger partial charge in [-0.15, -0.1) is 0 Å². The number of nitrogens with two attached hydrogens (primary N) is 1. The minimum atomic E-state index is -0.0727. The van der Waals surface area contributed by atoms with Crippen LogP contribution < -0.4 is 5.73 Å². The van der Waals surface area contributed by atoms with Crippen LogP contribution in [-0.2, 0) is 4.79 Å². The molecule has 0 aliphatic carbocycles. The second-order valence-electron chi connectivity index (χ2n) is 8.05. The molecule has 2 aromatic carbocycles. The molecular formula is C23H23N3O. The average molecular weight is 357 g/mol. The third-order valence-corrected chi connectivity index (χ3v) is 4.35. The van der Waals surface area contributed by atoms with Crippen LogP contribution in [0.15, 0.2) is 53.0 Å². The van der Waals surface area contributed by atoms with Gasteiger partial charge in [-0.05, 0) is 34.8 Å². The van der Waals surface area contributed by atoms with Crippen molar-refractivity contribution < 1.29 is 4.79 Å². The van der Waals surface area contributed by atoms with Crippen molar-refractivity contribution in [1.82, 2.24) is 0 Å². The van der Waals surface area contributed by atoms with Gasteiger partial charge in [-0.1, -0.05) is 51.1 Å². The number of hydrogen-bond donors (Lipinski definition) is 1. The highest BCUT2D eigenvalue weighted by molar-refractivity contribution is 6.06. The first kappa shape index (κ1) is 18.6. The number of fused-ring (bicyclic) bond motifs is 1. The van der Waals surface area contributed by atoms with Gasteiger partial charge in [-0.25, -0.2) is 9.84 Å². The van der Waals surface area contributed by atoms with Gasteiger partial charge in [0.25, 0.3) is 0 Å². The highest BCUT2D eigenvalue weighted by atomic mass is 16.1.